The maximum Gasteiger partial charge on any atom is -0.00207 e. The summed E-state index contributed by atoms with van der Waals surface area (Å²) in [6.45, 7) is 2.21. The Bertz CT molecular complexity index is 1080. The third-order valence-electron chi connectivity index (χ3n) is 4.91. The van der Waals surface area contributed by atoms with Crippen molar-refractivity contribution in [1.29, 1.82) is 0 Å². The van der Waals surface area contributed by atoms with Crippen molar-refractivity contribution in [2.75, 3.05) is 0 Å². The molecule has 0 atom stereocenters. The Balaban J connectivity index is 1.94. The summed E-state index contributed by atoms with van der Waals surface area (Å²) in [5.41, 5.74) is 4.27. The molecule has 104 valence electrons. The smallest absolute Gasteiger partial charge is 0.00207 e. The third-order valence-corrected chi connectivity index (χ3v) is 4.91. The molecule has 4 aromatic carbocycles. The van der Waals surface area contributed by atoms with Crippen molar-refractivity contribution in [2.24, 2.45) is 0 Å². The van der Waals surface area contributed by atoms with Gasteiger partial charge in [-0.25, -0.2) is 0 Å². The van der Waals surface area contributed by atoms with Gasteiger partial charge in [-0.15, -0.1) is 0 Å². The number of hydrogen-bond donors (Lipinski definition) is 0. The van der Waals surface area contributed by atoms with Gasteiger partial charge in [-0.1, -0.05) is 72.3 Å². The van der Waals surface area contributed by atoms with Gasteiger partial charge in [0.05, 0.1) is 0 Å². The van der Waals surface area contributed by atoms with Crippen molar-refractivity contribution in [3.8, 4) is 0 Å². The first-order chi connectivity index (χ1) is 10.8. The molecule has 0 heteroatoms. The minimum absolute atomic E-state index is 1.07. The standard InChI is InChI=1S/C22H16/c1-14-5-6-18(13-14)19-11-9-17-8-7-15-3-2-4-16-10-12-20(19)22(17)21(15)16/h2-12H,13H2,1H3. The van der Waals surface area contributed by atoms with Crippen molar-refractivity contribution in [1.82, 2.24) is 0 Å². The summed E-state index contributed by atoms with van der Waals surface area (Å²) in [7, 11) is 0. The second-order valence-electron chi connectivity index (χ2n) is 6.35. The molecule has 0 saturated carbocycles. The Hall–Kier alpha value is -2.60. The first-order valence-corrected chi connectivity index (χ1v) is 7.84. The normalized spacial score (nSPS) is 15.0. The quantitative estimate of drug-likeness (QED) is 0.358. The highest BCUT2D eigenvalue weighted by atomic mass is 14.2. The molecule has 1 aliphatic rings. The lowest BCUT2D eigenvalue weighted by atomic mass is 9.89. The van der Waals surface area contributed by atoms with E-state index in [4.69, 9.17) is 0 Å². The Morgan fingerprint density at radius 3 is 2.09 bits per heavy atom. The predicted octanol–water partition coefficient (Wildman–Crippen LogP) is 6.32. The Labute approximate surface area is 129 Å². The van der Waals surface area contributed by atoms with Gasteiger partial charge in [0.25, 0.3) is 0 Å². The molecule has 0 fully saturated rings. The van der Waals surface area contributed by atoms with Crippen molar-refractivity contribution in [3.63, 3.8) is 0 Å². The fourth-order valence-corrected chi connectivity index (χ4v) is 3.86. The SMILES string of the molecule is CC1=CC=C(c2ccc3ccc4cccc5ccc2c3c45)C1. The summed E-state index contributed by atoms with van der Waals surface area (Å²) in [6.07, 6.45) is 5.60. The lowest BCUT2D eigenvalue weighted by molar-refractivity contribution is 1.27. The van der Waals surface area contributed by atoms with E-state index in [2.05, 4.69) is 73.7 Å². The van der Waals surface area contributed by atoms with Gasteiger partial charge in [0, 0.05) is 0 Å². The zero-order valence-electron chi connectivity index (χ0n) is 12.6. The average molecular weight is 280 g/mol. The van der Waals surface area contributed by atoms with Gasteiger partial charge in [0.1, 0.15) is 0 Å². The van der Waals surface area contributed by atoms with Gasteiger partial charge >= 0.3 is 0 Å². The highest BCUT2D eigenvalue weighted by Gasteiger charge is 2.14. The van der Waals surface area contributed by atoms with Crippen LogP contribution in [0.25, 0.3) is 37.9 Å². The van der Waals surface area contributed by atoms with E-state index in [1.54, 1.807) is 0 Å². The van der Waals surface area contributed by atoms with Crippen molar-refractivity contribution < 1.29 is 0 Å². The second kappa shape index (κ2) is 4.20. The minimum atomic E-state index is 1.07. The van der Waals surface area contributed by atoms with Gasteiger partial charge in [0.15, 0.2) is 0 Å². The summed E-state index contributed by atoms with van der Waals surface area (Å²) in [5.74, 6) is 0. The van der Waals surface area contributed by atoms with E-state index in [1.807, 2.05) is 0 Å². The summed E-state index contributed by atoms with van der Waals surface area (Å²) in [4.78, 5) is 0. The number of allylic oxidation sites excluding steroid dienone is 4. The van der Waals surface area contributed by atoms with Crippen LogP contribution in [0.5, 0.6) is 0 Å². The highest BCUT2D eigenvalue weighted by molar-refractivity contribution is 6.24. The van der Waals surface area contributed by atoms with Crippen molar-refractivity contribution in [2.45, 2.75) is 13.3 Å². The fourth-order valence-electron chi connectivity index (χ4n) is 3.86. The molecule has 0 bridgehead atoms. The van der Waals surface area contributed by atoms with E-state index in [9.17, 15) is 0 Å². The van der Waals surface area contributed by atoms with Gasteiger partial charge in [0.2, 0.25) is 0 Å². The van der Waals surface area contributed by atoms with E-state index >= 15 is 0 Å². The molecule has 0 nitrogen and oxygen atoms in total. The molecular weight excluding hydrogens is 264 g/mol. The molecule has 5 rings (SSSR count). The van der Waals surface area contributed by atoms with Crippen molar-refractivity contribution >= 4 is 37.9 Å². The zero-order chi connectivity index (χ0) is 14.7. The van der Waals surface area contributed by atoms with Gasteiger partial charge in [-0.2, -0.15) is 0 Å². The Morgan fingerprint density at radius 2 is 1.36 bits per heavy atom. The van der Waals surface area contributed by atoms with Crippen LogP contribution in [0, 0.1) is 0 Å². The lowest BCUT2D eigenvalue weighted by Gasteiger charge is -2.14. The molecule has 1 aliphatic carbocycles. The van der Waals surface area contributed by atoms with Crippen LogP contribution in [0.4, 0.5) is 0 Å². The van der Waals surface area contributed by atoms with E-state index in [-0.39, 0.29) is 0 Å². The molecule has 0 radical (unpaired) electrons. The second-order valence-corrected chi connectivity index (χ2v) is 6.35. The molecule has 0 spiro atoms. The van der Waals surface area contributed by atoms with E-state index in [0.717, 1.165) is 6.42 Å². The van der Waals surface area contributed by atoms with E-state index in [1.165, 1.54) is 49.0 Å². The van der Waals surface area contributed by atoms with Crippen molar-refractivity contribution in [3.05, 3.63) is 77.9 Å². The molecule has 0 amide bonds. The molecule has 4 aromatic rings. The number of benzene rings is 4. The maximum absolute atomic E-state index is 2.30. The van der Waals surface area contributed by atoms with Gasteiger partial charge < -0.3 is 0 Å². The molecule has 22 heavy (non-hydrogen) atoms. The van der Waals surface area contributed by atoms with Crippen LogP contribution in [0.15, 0.2) is 72.3 Å². The molecule has 0 saturated heterocycles. The van der Waals surface area contributed by atoms with E-state index in [0.29, 0.717) is 0 Å². The Morgan fingerprint density at radius 1 is 0.682 bits per heavy atom. The lowest BCUT2D eigenvalue weighted by Crippen LogP contribution is -1.89. The topological polar surface area (TPSA) is 0 Å². The average Bonchev–Trinajstić information content (AvgIpc) is 2.99. The van der Waals surface area contributed by atoms with Crippen LogP contribution in [0.1, 0.15) is 18.9 Å². The molecular formula is C22H16. The number of rotatable bonds is 1. The summed E-state index contributed by atoms with van der Waals surface area (Å²) in [5, 5.41) is 8.22. The van der Waals surface area contributed by atoms with E-state index < -0.39 is 0 Å². The van der Waals surface area contributed by atoms with Crippen LogP contribution in [0.2, 0.25) is 0 Å². The monoisotopic (exact) mass is 280 g/mol. The first-order valence-electron chi connectivity index (χ1n) is 7.84. The molecule has 0 unspecified atom stereocenters. The maximum atomic E-state index is 2.30. The van der Waals surface area contributed by atoms with Gasteiger partial charge in [-0.05, 0) is 56.8 Å². The zero-order valence-corrected chi connectivity index (χ0v) is 12.6. The van der Waals surface area contributed by atoms with Crippen LogP contribution < -0.4 is 0 Å². The summed E-state index contributed by atoms with van der Waals surface area (Å²) in [6, 6.07) is 20.2. The van der Waals surface area contributed by atoms with Crippen LogP contribution in [-0.4, -0.2) is 0 Å². The first kappa shape index (κ1) is 12.0. The Kier molecular flexibility index (Phi) is 2.29. The van der Waals surface area contributed by atoms with Gasteiger partial charge in [-0.3, -0.25) is 0 Å². The summed E-state index contributed by atoms with van der Waals surface area (Å²) >= 11 is 0. The molecule has 0 N–H and O–H groups in total. The fraction of sp³-hybridized carbons (Fsp3) is 0.0909. The molecule has 0 heterocycles. The summed E-state index contributed by atoms with van der Waals surface area (Å²) < 4.78 is 0. The highest BCUT2D eigenvalue weighted by Crippen LogP contribution is 2.39. The van der Waals surface area contributed by atoms with Crippen LogP contribution in [0.3, 0.4) is 0 Å². The third kappa shape index (κ3) is 1.52. The predicted molar refractivity (Wildman–Crippen MR) is 96.5 cm³/mol. The molecule has 0 aromatic heterocycles. The molecule has 0 aliphatic heterocycles. The minimum Gasteiger partial charge on any atom is -0.0689 e. The number of hydrogen-bond acceptors (Lipinski definition) is 0. The van der Waals surface area contributed by atoms with Crippen LogP contribution in [-0.2, 0) is 0 Å². The largest absolute Gasteiger partial charge is 0.0689 e. The van der Waals surface area contributed by atoms with Crippen LogP contribution >= 0.6 is 0 Å².